The van der Waals surface area contributed by atoms with Crippen molar-refractivity contribution < 1.29 is 9.53 Å². The van der Waals surface area contributed by atoms with Crippen LogP contribution in [0.2, 0.25) is 0 Å². The number of ether oxygens (including phenoxy) is 1. The topological polar surface area (TPSA) is 52.3 Å². The molecule has 0 aliphatic heterocycles. The monoisotopic (exact) mass is 251 g/mol. The number of rotatable bonds is 3. The molecule has 0 atom stereocenters. The lowest BCUT2D eigenvalue weighted by Gasteiger charge is -2.10. The van der Waals surface area contributed by atoms with Crippen LogP contribution in [0.15, 0.2) is 23.1 Å². The molecule has 3 nitrogen and oxygen atoms in total. The Bertz CT molecular complexity index is 414. The minimum atomic E-state index is -0.364. The summed E-state index contributed by atoms with van der Waals surface area (Å²) in [5, 5.41) is 0.684. The molecule has 1 fully saturated rings. The summed E-state index contributed by atoms with van der Waals surface area (Å²) in [4.78, 5) is 12.6. The molecule has 1 aliphatic carbocycles. The number of hydrogen-bond donors (Lipinski definition) is 1. The summed E-state index contributed by atoms with van der Waals surface area (Å²) in [5.41, 5.74) is 6.71. The van der Waals surface area contributed by atoms with Gasteiger partial charge in [-0.25, -0.2) is 4.79 Å². The number of carbonyl (C=O) groups excluding carboxylic acids is 1. The van der Waals surface area contributed by atoms with E-state index in [-0.39, 0.29) is 5.97 Å². The summed E-state index contributed by atoms with van der Waals surface area (Å²) in [6.07, 6.45) is 5.16. The molecule has 0 saturated heterocycles. The predicted molar refractivity (Wildman–Crippen MR) is 70.3 cm³/mol. The van der Waals surface area contributed by atoms with Gasteiger partial charge in [0.25, 0.3) is 0 Å². The summed E-state index contributed by atoms with van der Waals surface area (Å²) in [5.74, 6) is -0.364. The van der Waals surface area contributed by atoms with Crippen LogP contribution in [0.4, 0.5) is 5.69 Å². The van der Waals surface area contributed by atoms with Gasteiger partial charge in [-0.1, -0.05) is 12.8 Å². The van der Waals surface area contributed by atoms with Crippen molar-refractivity contribution >= 4 is 23.4 Å². The molecule has 4 heteroatoms. The smallest absolute Gasteiger partial charge is 0.339 e. The Labute approximate surface area is 106 Å². The maximum absolute atomic E-state index is 11.5. The second-order valence-electron chi connectivity index (χ2n) is 4.26. The van der Waals surface area contributed by atoms with E-state index < -0.39 is 0 Å². The van der Waals surface area contributed by atoms with Crippen LogP contribution in [0.1, 0.15) is 36.0 Å². The van der Waals surface area contributed by atoms with E-state index in [9.17, 15) is 4.79 Å². The van der Waals surface area contributed by atoms with Crippen LogP contribution in [0.25, 0.3) is 0 Å². The van der Waals surface area contributed by atoms with E-state index in [1.54, 1.807) is 6.07 Å². The molecule has 0 spiro atoms. The molecular formula is C13H17NO2S. The third kappa shape index (κ3) is 2.94. The standard InChI is InChI=1S/C13H17NO2S/c1-16-13(15)11-8-10(6-7-12(11)14)17-9-4-2-3-5-9/h6-9H,2-5,14H2,1H3. The molecule has 0 bridgehead atoms. The van der Waals surface area contributed by atoms with Crippen molar-refractivity contribution in [2.24, 2.45) is 0 Å². The van der Waals surface area contributed by atoms with Crippen LogP contribution in [-0.4, -0.2) is 18.3 Å². The Morgan fingerprint density at radius 3 is 2.76 bits per heavy atom. The van der Waals surface area contributed by atoms with E-state index in [2.05, 4.69) is 0 Å². The van der Waals surface area contributed by atoms with Gasteiger partial charge in [0, 0.05) is 15.8 Å². The number of nitrogen functional groups attached to an aromatic ring is 1. The van der Waals surface area contributed by atoms with E-state index in [1.165, 1.54) is 32.8 Å². The highest BCUT2D eigenvalue weighted by atomic mass is 32.2. The van der Waals surface area contributed by atoms with E-state index in [1.807, 2.05) is 23.9 Å². The summed E-state index contributed by atoms with van der Waals surface area (Å²) >= 11 is 1.84. The molecule has 0 radical (unpaired) electrons. The highest BCUT2D eigenvalue weighted by Gasteiger charge is 2.17. The lowest BCUT2D eigenvalue weighted by molar-refractivity contribution is 0.0601. The van der Waals surface area contributed by atoms with Crippen LogP contribution in [-0.2, 0) is 4.74 Å². The Hall–Kier alpha value is -1.16. The summed E-state index contributed by atoms with van der Waals surface area (Å²) in [7, 11) is 1.37. The van der Waals surface area contributed by atoms with Crippen molar-refractivity contribution in [3.8, 4) is 0 Å². The average Bonchev–Trinajstić information content (AvgIpc) is 2.83. The first kappa shape index (κ1) is 12.3. The van der Waals surface area contributed by atoms with E-state index in [0.717, 1.165) is 4.90 Å². The van der Waals surface area contributed by atoms with Gasteiger partial charge in [0.1, 0.15) is 0 Å². The minimum absolute atomic E-state index is 0.364. The molecule has 92 valence electrons. The number of benzene rings is 1. The molecule has 17 heavy (non-hydrogen) atoms. The van der Waals surface area contributed by atoms with Gasteiger partial charge in [0.05, 0.1) is 12.7 Å². The molecular weight excluding hydrogens is 234 g/mol. The first-order chi connectivity index (χ1) is 8.20. The third-order valence-corrected chi connectivity index (χ3v) is 4.37. The highest BCUT2D eigenvalue weighted by Crippen LogP contribution is 2.35. The van der Waals surface area contributed by atoms with Gasteiger partial charge < -0.3 is 10.5 Å². The van der Waals surface area contributed by atoms with Crippen molar-refractivity contribution in [3.05, 3.63) is 23.8 Å². The largest absolute Gasteiger partial charge is 0.465 e. The number of thioether (sulfide) groups is 1. The Morgan fingerprint density at radius 1 is 1.41 bits per heavy atom. The fourth-order valence-electron chi connectivity index (χ4n) is 2.09. The van der Waals surface area contributed by atoms with Crippen molar-refractivity contribution in [2.75, 3.05) is 12.8 Å². The van der Waals surface area contributed by atoms with E-state index in [0.29, 0.717) is 16.5 Å². The maximum atomic E-state index is 11.5. The normalized spacial score (nSPS) is 16.1. The molecule has 1 saturated carbocycles. The van der Waals surface area contributed by atoms with Gasteiger partial charge in [0.15, 0.2) is 0 Å². The Balaban J connectivity index is 2.15. The Kier molecular flexibility index (Phi) is 3.94. The molecule has 2 rings (SSSR count). The van der Waals surface area contributed by atoms with Crippen LogP contribution >= 0.6 is 11.8 Å². The van der Waals surface area contributed by atoms with Crippen molar-refractivity contribution in [3.63, 3.8) is 0 Å². The molecule has 0 heterocycles. The lowest BCUT2D eigenvalue weighted by Crippen LogP contribution is -2.06. The molecule has 0 unspecified atom stereocenters. The van der Waals surface area contributed by atoms with Crippen molar-refractivity contribution in [2.45, 2.75) is 35.8 Å². The zero-order valence-electron chi connectivity index (χ0n) is 9.94. The van der Waals surface area contributed by atoms with Crippen LogP contribution < -0.4 is 5.73 Å². The van der Waals surface area contributed by atoms with Crippen LogP contribution in [0, 0.1) is 0 Å². The van der Waals surface area contributed by atoms with Gasteiger partial charge in [-0.2, -0.15) is 0 Å². The van der Waals surface area contributed by atoms with Gasteiger partial charge in [-0.05, 0) is 31.0 Å². The first-order valence-electron chi connectivity index (χ1n) is 5.85. The lowest BCUT2D eigenvalue weighted by atomic mass is 10.2. The molecule has 1 aromatic rings. The second-order valence-corrected chi connectivity index (χ2v) is 5.64. The first-order valence-corrected chi connectivity index (χ1v) is 6.73. The second kappa shape index (κ2) is 5.45. The van der Waals surface area contributed by atoms with Gasteiger partial charge in [0.2, 0.25) is 0 Å². The minimum Gasteiger partial charge on any atom is -0.465 e. The quantitative estimate of drug-likeness (QED) is 0.662. The molecule has 0 aromatic heterocycles. The van der Waals surface area contributed by atoms with Crippen molar-refractivity contribution in [1.82, 2.24) is 0 Å². The van der Waals surface area contributed by atoms with Gasteiger partial charge in [-0.3, -0.25) is 0 Å². The summed E-state index contributed by atoms with van der Waals surface area (Å²) < 4.78 is 4.71. The zero-order chi connectivity index (χ0) is 12.3. The summed E-state index contributed by atoms with van der Waals surface area (Å²) in [6, 6.07) is 5.60. The fraction of sp³-hybridized carbons (Fsp3) is 0.462. The molecule has 1 aliphatic rings. The van der Waals surface area contributed by atoms with Gasteiger partial charge >= 0.3 is 5.97 Å². The van der Waals surface area contributed by atoms with Gasteiger partial charge in [-0.15, -0.1) is 11.8 Å². The predicted octanol–water partition coefficient (Wildman–Crippen LogP) is 3.09. The third-order valence-electron chi connectivity index (χ3n) is 3.04. The molecule has 2 N–H and O–H groups in total. The number of carbonyl (C=O) groups is 1. The number of anilines is 1. The number of esters is 1. The highest BCUT2D eigenvalue weighted by molar-refractivity contribution is 8.00. The Morgan fingerprint density at radius 2 is 2.12 bits per heavy atom. The van der Waals surface area contributed by atoms with Crippen molar-refractivity contribution in [1.29, 1.82) is 0 Å². The zero-order valence-corrected chi connectivity index (χ0v) is 10.8. The maximum Gasteiger partial charge on any atom is 0.339 e. The van der Waals surface area contributed by atoms with E-state index in [4.69, 9.17) is 10.5 Å². The average molecular weight is 251 g/mol. The number of methoxy groups -OCH3 is 1. The van der Waals surface area contributed by atoms with Crippen LogP contribution in [0.5, 0.6) is 0 Å². The number of nitrogens with two attached hydrogens (primary N) is 1. The van der Waals surface area contributed by atoms with E-state index >= 15 is 0 Å². The SMILES string of the molecule is COC(=O)c1cc(SC2CCCC2)ccc1N. The molecule has 0 amide bonds. The van der Waals surface area contributed by atoms with Crippen LogP contribution in [0.3, 0.4) is 0 Å². The number of hydrogen-bond acceptors (Lipinski definition) is 4. The molecule has 1 aromatic carbocycles. The fourth-order valence-corrected chi connectivity index (χ4v) is 3.38. The summed E-state index contributed by atoms with van der Waals surface area (Å²) in [6.45, 7) is 0.